The Morgan fingerprint density at radius 1 is 1.50 bits per heavy atom. The molecule has 2 nitrogen and oxygen atoms in total. The predicted octanol–water partition coefficient (Wildman–Crippen LogP) is 1.87. The van der Waals surface area contributed by atoms with Gasteiger partial charge < -0.3 is 0 Å². The molecule has 0 spiro atoms. The molecule has 0 aliphatic rings. The van der Waals surface area contributed by atoms with Crippen molar-refractivity contribution in [1.29, 1.82) is 0 Å². The van der Waals surface area contributed by atoms with E-state index in [1.807, 2.05) is 0 Å². The SMILES string of the molecule is Cc1nc(Cl)nc(S)c1F. The van der Waals surface area contributed by atoms with E-state index in [1.165, 1.54) is 6.92 Å². The summed E-state index contributed by atoms with van der Waals surface area (Å²) in [5.74, 6) is -0.521. The molecule has 0 fully saturated rings. The number of thiol groups is 1. The normalized spacial score (nSPS) is 10.0. The smallest absolute Gasteiger partial charge is 0.220 e. The van der Waals surface area contributed by atoms with Crippen LogP contribution in [-0.4, -0.2) is 9.97 Å². The summed E-state index contributed by atoms with van der Waals surface area (Å²) in [5.41, 5.74) is 0.213. The Balaban J connectivity index is 3.31. The zero-order chi connectivity index (χ0) is 7.72. The molecule has 0 bridgehead atoms. The molecule has 1 rings (SSSR count). The van der Waals surface area contributed by atoms with Gasteiger partial charge in [-0.15, -0.1) is 12.6 Å². The minimum atomic E-state index is -0.521. The summed E-state index contributed by atoms with van der Waals surface area (Å²) in [7, 11) is 0. The summed E-state index contributed by atoms with van der Waals surface area (Å²) in [4.78, 5) is 7.04. The maximum atomic E-state index is 12.7. The van der Waals surface area contributed by atoms with Gasteiger partial charge in [-0.1, -0.05) is 0 Å². The van der Waals surface area contributed by atoms with Crippen LogP contribution in [0.25, 0.3) is 0 Å². The molecule has 0 saturated carbocycles. The van der Waals surface area contributed by atoms with E-state index in [0.717, 1.165) is 0 Å². The van der Waals surface area contributed by atoms with E-state index in [1.54, 1.807) is 0 Å². The molecule has 1 heterocycles. The maximum absolute atomic E-state index is 12.7. The first kappa shape index (κ1) is 7.75. The van der Waals surface area contributed by atoms with E-state index < -0.39 is 5.82 Å². The van der Waals surface area contributed by atoms with Gasteiger partial charge in [0.15, 0.2) is 5.82 Å². The summed E-state index contributed by atoms with van der Waals surface area (Å²) in [5, 5.41) is 0.00130. The molecule has 54 valence electrons. The Morgan fingerprint density at radius 3 is 2.60 bits per heavy atom. The van der Waals surface area contributed by atoms with Gasteiger partial charge in [0.1, 0.15) is 5.03 Å². The Morgan fingerprint density at radius 2 is 2.10 bits per heavy atom. The van der Waals surface area contributed by atoms with Crippen LogP contribution in [0.3, 0.4) is 0 Å². The summed E-state index contributed by atoms with van der Waals surface area (Å²) in [6, 6.07) is 0. The van der Waals surface area contributed by atoms with Gasteiger partial charge in [-0.2, -0.15) is 0 Å². The van der Waals surface area contributed by atoms with Gasteiger partial charge in [0, 0.05) is 0 Å². The first-order chi connectivity index (χ1) is 4.61. The number of aromatic nitrogens is 2. The van der Waals surface area contributed by atoms with Crippen LogP contribution in [0.4, 0.5) is 4.39 Å². The topological polar surface area (TPSA) is 25.8 Å². The highest BCUT2D eigenvalue weighted by Crippen LogP contribution is 2.13. The molecule has 1 aromatic rings. The number of halogens is 2. The lowest BCUT2D eigenvalue weighted by Gasteiger charge is -1.97. The molecular formula is C5H4ClFN2S. The molecule has 0 N–H and O–H groups in total. The van der Waals surface area contributed by atoms with Gasteiger partial charge in [0.05, 0.1) is 5.69 Å². The third kappa shape index (κ3) is 1.38. The molecule has 0 radical (unpaired) electrons. The highest BCUT2D eigenvalue weighted by molar-refractivity contribution is 7.80. The minimum absolute atomic E-state index is 0.0162. The monoisotopic (exact) mass is 178 g/mol. The molecule has 0 unspecified atom stereocenters. The van der Waals surface area contributed by atoms with Crippen molar-refractivity contribution < 1.29 is 4.39 Å². The van der Waals surface area contributed by atoms with Crippen molar-refractivity contribution in [1.82, 2.24) is 9.97 Å². The fourth-order valence-corrected chi connectivity index (χ4v) is 1.04. The molecule has 10 heavy (non-hydrogen) atoms. The lowest BCUT2D eigenvalue weighted by Crippen LogP contribution is -1.93. The summed E-state index contributed by atoms with van der Waals surface area (Å²) >= 11 is 9.11. The average Bonchev–Trinajstić information content (AvgIpc) is 1.82. The molecule has 0 amide bonds. The van der Waals surface area contributed by atoms with Crippen molar-refractivity contribution >= 4 is 24.2 Å². The third-order valence-corrected chi connectivity index (χ3v) is 1.44. The predicted molar refractivity (Wildman–Crippen MR) is 39.0 cm³/mol. The van der Waals surface area contributed by atoms with Crippen LogP contribution in [0, 0.1) is 12.7 Å². The van der Waals surface area contributed by atoms with E-state index in [0.29, 0.717) is 0 Å². The lowest BCUT2D eigenvalue weighted by molar-refractivity contribution is 0.568. The number of hydrogen-bond donors (Lipinski definition) is 1. The second-order valence-electron chi connectivity index (χ2n) is 1.72. The van der Waals surface area contributed by atoms with Crippen molar-refractivity contribution in [3.05, 3.63) is 16.8 Å². The Hall–Kier alpha value is -0.350. The second kappa shape index (κ2) is 2.72. The lowest BCUT2D eigenvalue weighted by atomic mass is 10.4. The third-order valence-electron chi connectivity index (χ3n) is 0.972. The number of nitrogens with zero attached hydrogens (tertiary/aromatic N) is 2. The van der Waals surface area contributed by atoms with Gasteiger partial charge in [0.25, 0.3) is 0 Å². The van der Waals surface area contributed by atoms with Crippen molar-refractivity contribution in [2.45, 2.75) is 11.9 Å². The average molecular weight is 179 g/mol. The van der Waals surface area contributed by atoms with E-state index in [4.69, 9.17) is 11.6 Å². The van der Waals surface area contributed by atoms with Gasteiger partial charge in [-0.25, -0.2) is 14.4 Å². The number of aryl methyl sites for hydroxylation is 1. The molecule has 0 atom stereocenters. The number of hydrogen-bond acceptors (Lipinski definition) is 3. The van der Waals surface area contributed by atoms with Crippen LogP contribution in [0.5, 0.6) is 0 Å². The van der Waals surface area contributed by atoms with Gasteiger partial charge >= 0.3 is 0 Å². The molecular weight excluding hydrogens is 175 g/mol. The van der Waals surface area contributed by atoms with Crippen molar-refractivity contribution in [3.63, 3.8) is 0 Å². The van der Waals surface area contributed by atoms with Crippen LogP contribution in [0.1, 0.15) is 5.69 Å². The van der Waals surface area contributed by atoms with E-state index in [9.17, 15) is 4.39 Å². The van der Waals surface area contributed by atoms with E-state index >= 15 is 0 Å². The van der Waals surface area contributed by atoms with Crippen LogP contribution < -0.4 is 0 Å². The Kier molecular flexibility index (Phi) is 2.11. The summed E-state index contributed by atoms with van der Waals surface area (Å²) in [6.45, 7) is 1.50. The molecule has 0 aromatic carbocycles. The Bertz CT molecular complexity index is 243. The van der Waals surface area contributed by atoms with Crippen LogP contribution in [0.15, 0.2) is 5.03 Å². The summed E-state index contributed by atoms with van der Waals surface area (Å²) < 4.78 is 12.7. The molecule has 1 aromatic heterocycles. The zero-order valence-corrected chi connectivity index (χ0v) is 6.75. The van der Waals surface area contributed by atoms with Crippen molar-refractivity contribution in [2.24, 2.45) is 0 Å². The van der Waals surface area contributed by atoms with Gasteiger partial charge in [-0.3, -0.25) is 0 Å². The van der Waals surface area contributed by atoms with Gasteiger partial charge in [0.2, 0.25) is 5.28 Å². The second-order valence-corrected chi connectivity index (χ2v) is 2.48. The first-order valence-corrected chi connectivity index (χ1v) is 3.32. The van der Waals surface area contributed by atoms with E-state index in [-0.39, 0.29) is 16.0 Å². The highest BCUT2D eigenvalue weighted by Gasteiger charge is 2.05. The minimum Gasteiger partial charge on any atom is -0.220 e. The Labute approximate surface area is 67.9 Å². The summed E-state index contributed by atoms with van der Waals surface area (Å²) in [6.07, 6.45) is 0. The maximum Gasteiger partial charge on any atom is 0.223 e. The van der Waals surface area contributed by atoms with Crippen LogP contribution in [0.2, 0.25) is 5.28 Å². The van der Waals surface area contributed by atoms with Crippen molar-refractivity contribution in [2.75, 3.05) is 0 Å². The standard InChI is InChI=1S/C5H4ClFN2S/c1-2-3(7)4(10)9-5(6)8-2/h1H3,(H,8,9,10). The highest BCUT2D eigenvalue weighted by atomic mass is 35.5. The number of rotatable bonds is 0. The first-order valence-electron chi connectivity index (χ1n) is 2.50. The fourth-order valence-electron chi connectivity index (χ4n) is 0.511. The molecule has 0 aliphatic heterocycles. The van der Waals surface area contributed by atoms with Gasteiger partial charge in [-0.05, 0) is 18.5 Å². The molecule has 0 aliphatic carbocycles. The van der Waals surface area contributed by atoms with E-state index in [2.05, 4.69) is 22.6 Å². The zero-order valence-electron chi connectivity index (χ0n) is 5.10. The quantitative estimate of drug-likeness (QED) is 0.373. The van der Waals surface area contributed by atoms with Crippen LogP contribution in [-0.2, 0) is 0 Å². The van der Waals surface area contributed by atoms with Crippen LogP contribution >= 0.6 is 24.2 Å². The largest absolute Gasteiger partial charge is 0.223 e. The molecule has 0 saturated heterocycles. The fraction of sp³-hybridized carbons (Fsp3) is 0.200. The molecule has 5 heteroatoms. The van der Waals surface area contributed by atoms with Crippen molar-refractivity contribution in [3.8, 4) is 0 Å².